The van der Waals surface area contributed by atoms with Crippen LogP contribution in [0.4, 0.5) is 0 Å². The molecule has 2 aliphatic carbocycles. The summed E-state index contributed by atoms with van der Waals surface area (Å²) in [6.45, 7) is 6.57. The minimum atomic E-state index is -1.78. The second-order valence-corrected chi connectivity index (χ2v) is 9.47. The number of rotatable bonds is 0. The van der Waals surface area contributed by atoms with E-state index in [9.17, 15) is 24.6 Å². The van der Waals surface area contributed by atoms with E-state index in [0.717, 1.165) is 0 Å². The van der Waals surface area contributed by atoms with E-state index < -0.39 is 64.5 Å². The average Bonchev–Trinajstić information content (AvgIpc) is 3.30. The number of aliphatic hydroxyl groups excluding tert-OH is 1. The van der Waals surface area contributed by atoms with E-state index in [-0.39, 0.29) is 23.7 Å². The molecule has 0 aromatic heterocycles. The molecule has 4 aliphatic heterocycles. The van der Waals surface area contributed by atoms with Crippen LogP contribution in [0.15, 0.2) is 11.3 Å². The molecule has 0 aromatic carbocycles. The Balaban J connectivity index is 1.74. The van der Waals surface area contributed by atoms with E-state index >= 15 is 0 Å². The molecule has 6 rings (SSSR count). The van der Waals surface area contributed by atoms with Crippen molar-refractivity contribution in [3.63, 3.8) is 0 Å². The minimum absolute atomic E-state index is 0.144. The van der Waals surface area contributed by atoms with Crippen molar-refractivity contribution in [2.75, 3.05) is 0 Å². The highest BCUT2D eigenvalue weighted by molar-refractivity contribution is 6.20. The lowest BCUT2D eigenvalue weighted by Gasteiger charge is -2.59. The molecule has 8 nitrogen and oxygen atoms in total. The van der Waals surface area contributed by atoms with Crippen molar-refractivity contribution in [1.29, 1.82) is 0 Å². The maximum absolute atomic E-state index is 13.1. The zero-order valence-corrected chi connectivity index (χ0v) is 16.2. The average molecular weight is 392 g/mol. The molecule has 0 aromatic rings. The fourth-order valence-electron chi connectivity index (χ4n) is 5.74. The summed E-state index contributed by atoms with van der Waals surface area (Å²) in [6.07, 6.45) is -2.46. The number of aliphatic hydroxyl groups is 2. The molecule has 4 heterocycles. The zero-order chi connectivity index (χ0) is 20.4. The first-order valence-electron chi connectivity index (χ1n) is 9.75. The number of ketones is 2. The number of carbonyl (C=O) groups excluding carboxylic acids is 3. The Morgan fingerprint density at radius 1 is 1.07 bits per heavy atom. The summed E-state index contributed by atoms with van der Waals surface area (Å²) in [6, 6.07) is 0. The molecule has 0 unspecified atom stereocenters. The number of carbonyl (C=O) groups is 3. The normalized spacial score (nSPS) is 54.7. The van der Waals surface area contributed by atoms with Gasteiger partial charge in [-0.05, 0) is 20.3 Å². The molecule has 8 heteroatoms. The Bertz CT molecular complexity index is 858. The fraction of sp³-hybridized carbons (Fsp3) is 0.750. The Labute approximate surface area is 161 Å². The SMILES string of the molecule is C[C@H]1C[C@](C)(O)C(=O)[C@H]2O[C@@H]2[C@H]2[C@H](O)[C@@]3(C)OC4=C(C(=O)O[C@]42C[C@@H]3C)C1=O. The molecule has 0 radical (unpaired) electrons. The van der Waals surface area contributed by atoms with Crippen molar-refractivity contribution < 1.29 is 38.8 Å². The number of epoxide rings is 1. The maximum Gasteiger partial charge on any atom is 0.346 e. The predicted octanol–water partition coefficient (Wildman–Crippen LogP) is 0.0383. The molecule has 152 valence electrons. The van der Waals surface area contributed by atoms with E-state index in [2.05, 4.69) is 0 Å². The smallest absolute Gasteiger partial charge is 0.346 e. The Morgan fingerprint density at radius 3 is 2.43 bits per heavy atom. The van der Waals surface area contributed by atoms with Crippen LogP contribution >= 0.6 is 0 Å². The summed E-state index contributed by atoms with van der Waals surface area (Å²) in [5, 5.41) is 21.8. The highest BCUT2D eigenvalue weighted by Crippen LogP contribution is 2.63. The molecule has 4 fully saturated rings. The lowest BCUT2D eigenvalue weighted by Crippen LogP contribution is -2.71. The van der Waals surface area contributed by atoms with E-state index in [0.29, 0.717) is 6.42 Å². The van der Waals surface area contributed by atoms with Gasteiger partial charge in [-0.15, -0.1) is 0 Å². The summed E-state index contributed by atoms with van der Waals surface area (Å²) in [7, 11) is 0. The molecule has 2 N–H and O–H groups in total. The van der Waals surface area contributed by atoms with Gasteiger partial charge in [0.15, 0.2) is 22.9 Å². The third-order valence-corrected chi connectivity index (χ3v) is 7.53. The van der Waals surface area contributed by atoms with Crippen molar-refractivity contribution in [3.05, 3.63) is 11.3 Å². The topological polar surface area (TPSA) is 123 Å². The van der Waals surface area contributed by atoms with E-state index in [1.54, 1.807) is 13.8 Å². The van der Waals surface area contributed by atoms with Gasteiger partial charge in [0.05, 0.1) is 5.92 Å². The minimum Gasteiger partial charge on any atom is -0.484 e. The van der Waals surface area contributed by atoms with Gasteiger partial charge in [-0.3, -0.25) is 9.59 Å². The maximum atomic E-state index is 13.1. The molecule has 1 saturated carbocycles. The summed E-state index contributed by atoms with van der Waals surface area (Å²) >= 11 is 0. The molecule has 0 amide bonds. The lowest BCUT2D eigenvalue weighted by molar-refractivity contribution is -0.274. The molecule has 28 heavy (non-hydrogen) atoms. The van der Waals surface area contributed by atoms with Crippen molar-refractivity contribution in [2.45, 2.75) is 75.7 Å². The quantitative estimate of drug-likeness (QED) is 0.337. The van der Waals surface area contributed by atoms with Gasteiger partial charge in [0.1, 0.15) is 35.1 Å². The largest absolute Gasteiger partial charge is 0.484 e. The van der Waals surface area contributed by atoms with Crippen LogP contribution in [0.5, 0.6) is 0 Å². The first kappa shape index (κ1) is 18.3. The second-order valence-electron chi connectivity index (χ2n) is 9.47. The number of hydrogen-bond donors (Lipinski definition) is 2. The number of esters is 1. The van der Waals surface area contributed by atoms with E-state index in [1.165, 1.54) is 6.92 Å². The third-order valence-electron chi connectivity index (χ3n) is 7.53. The summed E-state index contributed by atoms with van der Waals surface area (Å²) in [4.78, 5) is 38.8. The fourth-order valence-corrected chi connectivity index (χ4v) is 5.74. The van der Waals surface area contributed by atoms with Crippen LogP contribution in [0.2, 0.25) is 0 Å². The van der Waals surface area contributed by atoms with Gasteiger partial charge in [0.25, 0.3) is 0 Å². The number of Topliss-reactive ketones (excluding diaryl/α,β-unsaturated/α-hetero) is 2. The van der Waals surface area contributed by atoms with Gasteiger partial charge in [-0.25, -0.2) is 4.79 Å². The molecular weight excluding hydrogens is 368 g/mol. The zero-order valence-electron chi connectivity index (χ0n) is 16.2. The van der Waals surface area contributed by atoms with Gasteiger partial charge in [0.2, 0.25) is 0 Å². The highest BCUT2D eigenvalue weighted by Gasteiger charge is 2.76. The summed E-state index contributed by atoms with van der Waals surface area (Å²) in [5.41, 5.74) is -4.31. The van der Waals surface area contributed by atoms with Gasteiger partial charge in [-0.1, -0.05) is 13.8 Å². The van der Waals surface area contributed by atoms with E-state index in [4.69, 9.17) is 14.2 Å². The van der Waals surface area contributed by atoms with Crippen molar-refractivity contribution >= 4 is 17.5 Å². The highest BCUT2D eigenvalue weighted by atomic mass is 16.6. The Hall–Kier alpha value is -1.77. The first-order valence-corrected chi connectivity index (χ1v) is 9.75. The Kier molecular flexibility index (Phi) is 3.29. The van der Waals surface area contributed by atoms with E-state index in [1.807, 2.05) is 6.92 Å². The molecule has 9 atom stereocenters. The van der Waals surface area contributed by atoms with Crippen LogP contribution in [-0.2, 0) is 28.6 Å². The van der Waals surface area contributed by atoms with Gasteiger partial charge in [-0.2, -0.15) is 0 Å². The molecule has 5 bridgehead atoms. The number of hydrogen-bond acceptors (Lipinski definition) is 8. The van der Waals surface area contributed by atoms with Crippen LogP contribution in [-0.4, -0.2) is 62.9 Å². The predicted molar refractivity (Wildman–Crippen MR) is 91.7 cm³/mol. The second kappa shape index (κ2) is 5.04. The van der Waals surface area contributed by atoms with Crippen LogP contribution in [0, 0.1) is 17.8 Å². The first-order chi connectivity index (χ1) is 12.9. The van der Waals surface area contributed by atoms with Crippen LogP contribution in [0.3, 0.4) is 0 Å². The van der Waals surface area contributed by atoms with Gasteiger partial charge >= 0.3 is 5.97 Å². The summed E-state index contributed by atoms with van der Waals surface area (Å²) in [5.74, 6) is -3.33. The summed E-state index contributed by atoms with van der Waals surface area (Å²) < 4.78 is 17.5. The van der Waals surface area contributed by atoms with Gasteiger partial charge < -0.3 is 24.4 Å². The van der Waals surface area contributed by atoms with Gasteiger partial charge in [0, 0.05) is 18.3 Å². The van der Waals surface area contributed by atoms with Crippen LogP contribution in [0.25, 0.3) is 0 Å². The van der Waals surface area contributed by atoms with Crippen LogP contribution in [0.1, 0.15) is 40.5 Å². The molecule has 6 aliphatic rings. The third kappa shape index (κ3) is 1.93. The Morgan fingerprint density at radius 2 is 1.75 bits per heavy atom. The van der Waals surface area contributed by atoms with Crippen molar-refractivity contribution in [1.82, 2.24) is 0 Å². The lowest BCUT2D eigenvalue weighted by atomic mass is 9.57. The standard InChI is InChI=1S/C20H24O8/c1-7-5-18(3,25)15(23)13-12(26-13)10-14(22)19(4)8(2)6-20(10)16(27-19)9(11(7)21)17(24)28-20/h7-8,10,12-14,22,25H,5-6H2,1-4H3/t7-,8-,10-,12+,13-,14-,18-,19-,20-/m0/s1. The number of fused-ring (bicyclic) bond motifs is 2. The number of ether oxygens (including phenoxy) is 3. The monoisotopic (exact) mass is 392 g/mol. The molecule has 1 spiro atoms. The van der Waals surface area contributed by atoms with Crippen molar-refractivity contribution in [2.24, 2.45) is 17.8 Å². The van der Waals surface area contributed by atoms with Crippen molar-refractivity contribution in [3.8, 4) is 0 Å². The van der Waals surface area contributed by atoms with Crippen LogP contribution < -0.4 is 0 Å². The molecular formula is C20H24O8. The molecule has 3 saturated heterocycles.